The number of nitrogens with zero attached hydrogens (tertiary/aromatic N) is 1. The van der Waals surface area contributed by atoms with Gasteiger partial charge in [-0.3, -0.25) is 19.2 Å². The maximum Gasteiger partial charge on any atom is 0.255 e. The number of rotatable bonds is 10. The Morgan fingerprint density at radius 1 is 1.00 bits per heavy atom. The molecular weight excluding hydrogens is 669 g/mol. The molecule has 1 aliphatic carbocycles. The molecule has 0 aromatic heterocycles. The first-order valence-corrected chi connectivity index (χ1v) is 17.1. The van der Waals surface area contributed by atoms with Gasteiger partial charge in [-0.2, -0.15) is 0 Å². The number of amides is 3. The van der Waals surface area contributed by atoms with Crippen molar-refractivity contribution in [1.82, 2.24) is 15.7 Å². The fourth-order valence-corrected chi connectivity index (χ4v) is 7.59. The smallest absolute Gasteiger partial charge is 0.255 e. The van der Waals surface area contributed by atoms with Crippen LogP contribution >= 0.6 is 23.2 Å². The highest BCUT2D eigenvalue weighted by atomic mass is 35.5. The van der Waals surface area contributed by atoms with Gasteiger partial charge in [0, 0.05) is 28.6 Å². The van der Waals surface area contributed by atoms with Gasteiger partial charge in [-0.05, 0) is 73.7 Å². The topological polar surface area (TPSA) is 126 Å². The van der Waals surface area contributed by atoms with E-state index in [1.165, 1.54) is 6.92 Å². The van der Waals surface area contributed by atoms with Crippen LogP contribution in [0, 0.1) is 0 Å². The lowest BCUT2D eigenvalue weighted by Gasteiger charge is -2.49. The molecule has 0 spiro atoms. The van der Waals surface area contributed by atoms with Gasteiger partial charge in [0.1, 0.15) is 12.4 Å². The molecule has 2 aliphatic heterocycles. The molecule has 3 amide bonds. The van der Waals surface area contributed by atoms with Crippen LogP contribution in [-0.2, 0) is 25.8 Å². The van der Waals surface area contributed by atoms with Crippen LogP contribution in [0.4, 0.5) is 0 Å². The molecule has 0 unspecified atom stereocenters. The molecule has 3 N–H and O–H groups in total. The number of nitrogens with one attached hydrogen (secondary N) is 2. The number of fused-ring (bicyclic) bond motifs is 1. The molecule has 1 saturated carbocycles. The zero-order valence-electron chi connectivity index (χ0n) is 27.5. The van der Waals surface area contributed by atoms with Crippen molar-refractivity contribution in [3.05, 3.63) is 111 Å². The zero-order valence-corrected chi connectivity index (χ0v) is 29.0. The summed E-state index contributed by atoms with van der Waals surface area (Å²) < 4.78 is 11.4. The van der Waals surface area contributed by atoms with Gasteiger partial charge in [-0.25, -0.2) is 5.48 Å². The minimum Gasteiger partial charge on any atom is -0.505 e. The molecule has 49 heavy (non-hydrogen) atoms. The molecule has 258 valence electrons. The van der Waals surface area contributed by atoms with E-state index in [1.807, 2.05) is 6.07 Å². The fourth-order valence-electron chi connectivity index (χ4n) is 7.06. The van der Waals surface area contributed by atoms with Crippen LogP contribution in [0.2, 0.25) is 10.0 Å². The summed E-state index contributed by atoms with van der Waals surface area (Å²) in [6.45, 7) is 5.10. The van der Waals surface area contributed by atoms with E-state index in [0.29, 0.717) is 51.1 Å². The SMILES string of the molecule is CC(=O)N[C@H]1CCCC[C@@H]1N1C(=O)c2ccccc2[C@@H](C(=O)NOCc2cccc(OCC3=C(O)C(C)(C)O3)c2)[C@@H]1c1ccc(Cl)cc1Cl. The number of hydroxylamine groups is 1. The Labute approximate surface area is 295 Å². The first-order chi connectivity index (χ1) is 23.4. The molecule has 2 heterocycles. The highest BCUT2D eigenvalue weighted by molar-refractivity contribution is 6.35. The average molecular weight is 709 g/mol. The largest absolute Gasteiger partial charge is 0.505 e. The molecule has 10 nitrogen and oxygen atoms in total. The van der Waals surface area contributed by atoms with Gasteiger partial charge in [-0.15, -0.1) is 0 Å². The quantitative estimate of drug-likeness (QED) is 0.195. The highest BCUT2D eigenvalue weighted by Gasteiger charge is 2.49. The van der Waals surface area contributed by atoms with E-state index in [0.717, 1.165) is 18.4 Å². The van der Waals surface area contributed by atoms with Crippen molar-refractivity contribution in [3.8, 4) is 5.75 Å². The summed E-state index contributed by atoms with van der Waals surface area (Å²) in [5.41, 5.74) is 4.16. The van der Waals surface area contributed by atoms with E-state index in [-0.39, 0.29) is 42.9 Å². The van der Waals surface area contributed by atoms with Gasteiger partial charge in [0.25, 0.3) is 11.8 Å². The van der Waals surface area contributed by atoms with Gasteiger partial charge in [-0.1, -0.05) is 72.4 Å². The third kappa shape index (κ3) is 7.22. The number of carbonyl (C=O) groups excluding carboxylic acids is 3. The minimum absolute atomic E-state index is 0.0248. The maximum absolute atomic E-state index is 14.4. The van der Waals surface area contributed by atoms with E-state index in [9.17, 15) is 19.5 Å². The fraction of sp³-hybridized carbons (Fsp3) is 0.378. The van der Waals surface area contributed by atoms with Gasteiger partial charge >= 0.3 is 0 Å². The Kier molecular flexibility index (Phi) is 10.1. The van der Waals surface area contributed by atoms with E-state index in [4.69, 9.17) is 37.5 Å². The van der Waals surface area contributed by atoms with E-state index in [2.05, 4.69) is 10.8 Å². The van der Waals surface area contributed by atoms with Crippen molar-refractivity contribution >= 4 is 40.9 Å². The Morgan fingerprint density at radius 3 is 2.51 bits per heavy atom. The number of aliphatic hydroxyl groups excluding tert-OH is 1. The molecule has 3 aliphatic rings. The molecule has 1 fully saturated rings. The maximum atomic E-state index is 14.4. The molecule has 0 bridgehead atoms. The standard InChI is InChI=1S/C37H39Cl2N3O7/c1-21(43)40-29-13-6-7-14-30(29)42-33(27-16-15-23(38)18-28(27)39)32(25-11-4-5-12-26(25)36(42)46)35(45)41-48-19-22-9-8-10-24(17-22)47-20-31-34(44)37(2,3)49-31/h4-5,8-12,15-18,29-30,32-33,44H,6-7,13-14,19-20H2,1-3H3,(H,40,43)(H,41,45)/t29-,30-,32+,33-/m0/s1. The predicted octanol–water partition coefficient (Wildman–Crippen LogP) is 6.93. The van der Waals surface area contributed by atoms with Gasteiger partial charge in [0.15, 0.2) is 17.1 Å². The first-order valence-electron chi connectivity index (χ1n) is 16.3. The van der Waals surface area contributed by atoms with Crippen LogP contribution in [0.3, 0.4) is 0 Å². The van der Waals surface area contributed by atoms with Crippen LogP contribution in [0.1, 0.15) is 85.5 Å². The van der Waals surface area contributed by atoms with Crippen LogP contribution in [-0.4, -0.2) is 52.0 Å². The molecule has 4 atom stereocenters. The van der Waals surface area contributed by atoms with Crippen molar-refractivity contribution in [1.29, 1.82) is 0 Å². The van der Waals surface area contributed by atoms with Crippen molar-refractivity contribution in [2.24, 2.45) is 0 Å². The number of hydrogen-bond acceptors (Lipinski definition) is 7. The molecule has 6 rings (SSSR count). The number of ether oxygens (including phenoxy) is 2. The third-order valence-electron chi connectivity index (χ3n) is 9.31. The second-order valence-corrected chi connectivity index (χ2v) is 14.0. The lowest BCUT2D eigenvalue weighted by molar-refractivity contribution is -0.138. The Morgan fingerprint density at radius 2 is 1.78 bits per heavy atom. The van der Waals surface area contributed by atoms with E-state index in [1.54, 1.807) is 79.4 Å². The van der Waals surface area contributed by atoms with Crippen molar-refractivity contribution in [3.63, 3.8) is 0 Å². The number of aliphatic hydroxyl groups is 1. The van der Waals surface area contributed by atoms with E-state index >= 15 is 0 Å². The normalized spacial score (nSPS) is 22.8. The number of carbonyl (C=O) groups is 3. The van der Waals surface area contributed by atoms with Gasteiger partial charge in [0.05, 0.1) is 24.6 Å². The molecular formula is C37H39Cl2N3O7. The summed E-state index contributed by atoms with van der Waals surface area (Å²) in [5, 5.41) is 13.9. The summed E-state index contributed by atoms with van der Waals surface area (Å²) >= 11 is 13.1. The highest BCUT2D eigenvalue weighted by Crippen LogP contribution is 2.48. The van der Waals surface area contributed by atoms with Crippen molar-refractivity contribution in [2.75, 3.05) is 6.61 Å². The number of halogens is 2. The average Bonchev–Trinajstić information content (AvgIpc) is 3.07. The summed E-state index contributed by atoms with van der Waals surface area (Å²) in [6.07, 6.45) is 3.11. The monoisotopic (exact) mass is 707 g/mol. The zero-order chi connectivity index (χ0) is 34.9. The lowest BCUT2D eigenvalue weighted by atomic mass is 9.76. The van der Waals surface area contributed by atoms with Crippen LogP contribution in [0.15, 0.2) is 78.2 Å². The van der Waals surface area contributed by atoms with Crippen LogP contribution < -0.4 is 15.5 Å². The first kappa shape index (κ1) is 34.6. The van der Waals surface area contributed by atoms with Crippen LogP contribution in [0.25, 0.3) is 0 Å². The van der Waals surface area contributed by atoms with Crippen LogP contribution in [0.5, 0.6) is 5.75 Å². The second kappa shape index (κ2) is 14.3. The van der Waals surface area contributed by atoms with Crippen molar-refractivity contribution < 1.29 is 33.8 Å². The summed E-state index contributed by atoms with van der Waals surface area (Å²) in [7, 11) is 0. The summed E-state index contributed by atoms with van der Waals surface area (Å²) in [5.74, 6) is -0.721. The molecule has 0 radical (unpaired) electrons. The lowest BCUT2D eigenvalue weighted by Crippen LogP contribution is -2.59. The summed E-state index contributed by atoms with van der Waals surface area (Å²) in [4.78, 5) is 48.5. The van der Waals surface area contributed by atoms with Gasteiger partial charge < -0.3 is 24.8 Å². The molecule has 3 aromatic carbocycles. The third-order valence-corrected chi connectivity index (χ3v) is 9.87. The second-order valence-electron chi connectivity index (χ2n) is 13.1. The molecule has 12 heteroatoms. The Hall–Kier alpha value is -4.25. The van der Waals surface area contributed by atoms with Crippen molar-refractivity contribution in [2.45, 2.75) is 82.7 Å². The molecule has 0 saturated heterocycles. The number of hydrogen-bond donors (Lipinski definition) is 3. The molecule has 3 aromatic rings. The number of benzene rings is 3. The van der Waals surface area contributed by atoms with Gasteiger partial charge in [0.2, 0.25) is 5.91 Å². The van der Waals surface area contributed by atoms with E-state index < -0.39 is 23.5 Å². The Balaban J connectivity index is 1.27. The Bertz CT molecular complexity index is 1790. The minimum atomic E-state index is -0.908. The summed E-state index contributed by atoms with van der Waals surface area (Å²) in [6, 6.07) is 17.8. The predicted molar refractivity (Wildman–Crippen MR) is 184 cm³/mol.